The number of rotatable bonds is 3. The van der Waals surface area contributed by atoms with Gasteiger partial charge in [0, 0.05) is 13.1 Å². The molecule has 0 bridgehead atoms. The predicted octanol–water partition coefficient (Wildman–Crippen LogP) is 3.79. The first-order valence-electron chi connectivity index (χ1n) is 8.16. The summed E-state index contributed by atoms with van der Waals surface area (Å²) in [6.45, 7) is 6.87. The maximum Gasteiger partial charge on any atom is 0.286 e. The largest absolute Gasteiger partial charge is 0.494 e. The first kappa shape index (κ1) is 16.1. The van der Waals surface area contributed by atoms with Crippen molar-refractivity contribution in [3.8, 4) is 5.75 Å². The number of aliphatic imine (C=N–C) groups is 1. The van der Waals surface area contributed by atoms with Gasteiger partial charge in [0.1, 0.15) is 5.75 Å². The van der Waals surface area contributed by atoms with Gasteiger partial charge in [0.15, 0.2) is 5.17 Å². The van der Waals surface area contributed by atoms with E-state index >= 15 is 0 Å². The maximum absolute atomic E-state index is 12.2. The molecule has 0 radical (unpaired) electrons. The standard InChI is InChI=1S/C18H22N2O2S/c1-3-22-15-8-6-14(7-9-15)11-16-17(21)19-18(23-16)20-10-4-5-13(2)12-20/h6-9,11,13H,3-5,10,12H2,1-2H3/b16-11-. The fourth-order valence-electron chi connectivity index (χ4n) is 2.87. The average Bonchev–Trinajstić information content (AvgIpc) is 2.91. The summed E-state index contributed by atoms with van der Waals surface area (Å²) in [5.41, 5.74) is 0.993. The molecule has 0 spiro atoms. The second kappa shape index (κ2) is 7.21. The first-order valence-corrected chi connectivity index (χ1v) is 8.97. The summed E-state index contributed by atoms with van der Waals surface area (Å²) in [7, 11) is 0. The third-order valence-electron chi connectivity index (χ3n) is 4.03. The van der Waals surface area contributed by atoms with Gasteiger partial charge in [-0.25, -0.2) is 0 Å². The third kappa shape index (κ3) is 3.96. The number of thioether (sulfide) groups is 1. The van der Waals surface area contributed by atoms with Gasteiger partial charge in [-0.15, -0.1) is 0 Å². The molecule has 2 heterocycles. The highest BCUT2D eigenvalue weighted by molar-refractivity contribution is 8.18. The Bertz CT molecular complexity index is 637. The summed E-state index contributed by atoms with van der Waals surface area (Å²) >= 11 is 1.49. The molecule has 1 unspecified atom stereocenters. The van der Waals surface area contributed by atoms with E-state index in [1.807, 2.05) is 37.3 Å². The smallest absolute Gasteiger partial charge is 0.286 e. The van der Waals surface area contributed by atoms with Crippen LogP contribution >= 0.6 is 11.8 Å². The Labute approximate surface area is 141 Å². The molecule has 0 N–H and O–H groups in total. The fourth-order valence-corrected chi connectivity index (χ4v) is 3.82. The average molecular weight is 330 g/mol. The molecule has 5 heteroatoms. The molecule has 122 valence electrons. The molecule has 0 aromatic heterocycles. The molecule has 2 aliphatic heterocycles. The zero-order valence-electron chi connectivity index (χ0n) is 13.6. The lowest BCUT2D eigenvalue weighted by Crippen LogP contribution is -2.37. The van der Waals surface area contributed by atoms with Crippen molar-refractivity contribution in [3.05, 3.63) is 34.7 Å². The van der Waals surface area contributed by atoms with Crippen molar-refractivity contribution < 1.29 is 9.53 Å². The van der Waals surface area contributed by atoms with Gasteiger partial charge in [-0.2, -0.15) is 4.99 Å². The molecule has 1 fully saturated rings. The van der Waals surface area contributed by atoms with Crippen molar-refractivity contribution in [2.24, 2.45) is 10.9 Å². The molecule has 1 atom stereocenters. The highest BCUT2D eigenvalue weighted by Gasteiger charge is 2.28. The van der Waals surface area contributed by atoms with Gasteiger partial charge in [-0.05, 0) is 61.2 Å². The number of likely N-dealkylation sites (tertiary alicyclic amines) is 1. The van der Waals surface area contributed by atoms with Gasteiger partial charge in [0.05, 0.1) is 11.5 Å². The van der Waals surface area contributed by atoms with Crippen LogP contribution in [0.4, 0.5) is 0 Å². The summed E-state index contributed by atoms with van der Waals surface area (Å²) in [5.74, 6) is 1.39. The number of nitrogens with zero attached hydrogens (tertiary/aromatic N) is 2. The van der Waals surface area contributed by atoms with Gasteiger partial charge in [0.2, 0.25) is 0 Å². The van der Waals surface area contributed by atoms with E-state index in [2.05, 4.69) is 16.8 Å². The minimum Gasteiger partial charge on any atom is -0.494 e. The number of carbonyl (C=O) groups excluding carboxylic acids is 1. The zero-order chi connectivity index (χ0) is 16.2. The number of amides is 1. The Morgan fingerprint density at radius 1 is 1.39 bits per heavy atom. The molecule has 1 aromatic rings. The molecule has 0 saturated carbocycles. The van der Waals surface area contributed by atoms with Crippen molar-refractivity contribution in [1.82, 2.24) is 4.90 Å². The number of hydrogen-bond donors (Lipinski definition) is 0. The summed E-state index contributed by atoms with van der Waals surface area (Å²) in [6, 6.07) is 7.78. The Balaban J connectivity index is 1.69. The van der Waals surface area contributed by atoms with Crippen molar-refractivity contribution >= 4 is 28.9 Å². The topological polar surface area (TPSA) is 41.9 Å². The van der Waals surface area contributed by atoms with E-state index < -0.39 is 0 Å². The van der Waals surface area contributed by atoms with Crippen LogP contribution in [0.1, 0.15) is 32.3 Å². The number of ether oxygens (including phenoxy) is 1. The summed E-state index contributed by atoms with van der Waals surface area (Å²) in [5, 5.41) is 0.860. The highest BCUT2D eigenvalue weighted by Crippen LogP contribution is 2.32. The van der Waals surface area contributed by atoms with E-state index in [1.54, 1.807) is 0 Å². The molecule has 1 aromatic carbocycles. The van der Waals surface area contributed by atoms with Gasteiger partial charge < -0.3 is 9.64 Å². The lowest BCUT2D eigenvalue weighted by molar-refractivity contribution is -0.113. The van der Waals surface area contributed by atoms with Gasteiger partial charge in [0.25, 0.3) is 5.91 Å². The van der Waals surface area contributed by atoms with E-state index in [4.69, 9.17) is 4.74 Å². The Morgan fingerprint density at radius 2 is 2.17 bits per heavy atom. The van der Waals surface area contributed by atoms with E-state index in [1.165, 1.54) is 24.6 Å². The van der Waals surface area contributed by atoms with Gasteiger partial charge >= 0.3 is 0 Å². The predicted molar refractivity (Wildman–Crippen MR) is 95.6 cm³/mol. The highest BCUT2D eigenvalue weighted by atomic mass is 32.2. The normalized spacial score (nSPS) is 23.3. The third-order valence-corrected chi connectivity index (χ3v) is 5.07. The summed E-state index contributed by atoms with van der Waals surface area (Å²) < 4.78 is 5.44. The van der Waals surface area contributed by atoms with E-state index in [-0.39, 0.29) is 5.91 Å². The SMILES string of the molecule is CCOc1ccc(/C=C2\SC(N3CCCC(C)C3)=NC2=O)cc1. The van der Waals surface area contributed by atoms with Crippen LogP contribution in [0.15, 0.2) is 34.2 Å². The van der Waals surface area contributed by atoms with E-state index in [0.717, 1.165) is 29.6 Å². The molecule has 23 heavy (non-hydrogen) atoms. The van der Waals surface area contributed by atoms with E-state index in [0.29, 0.717) is 17.4 Å². The van der Waals surface area contributed by atoms with Crippen molar-refractivity contribution in [3.63, 3.8) is 0 Å². The van der Waals surface area contributed by atoms with Crippen molar-refractivity contribution in [2.75, 3.05) is 19.7 Å². The number of carbonyl (C=O) groups is 1. The molecule has 4 nitrogen and oxygen atoms in total. The number of hydrogen-bond acceptors (Lipinski definition) is 4. The van der Waals surface area contributed by atoms with E-state index in [9.17, 15) is 4.79 Å². The van der Waals surface area contributed by atoms with Crippen LogP contribution in [0.3, 0.4) is 0 Å². The molecule has 0 aliphatic carbocycles. The van der Waals surface area contributed by atoms with Crippen LogP contribution in [0.25, 0.3) is 6.08 Å². The Morgan fingerprint density at radius 3 is 2.87 bits per heavy atom. The fraction of sp³-hybridized carbons (Fsp3) is 0.444. The maximum atomic E-state index is 12.2. The minimum absolute atomic E-state index is 0.128. The van der Waals surface area contributed by atoms with Crippen molar-refractivity contribution in [2.45, 2.75) is 26.7 Å². The lowest BCUT2D eigenvalue weighted by Gasteiger charge is -2.31. The minimum atomic E-state index is -0.128. The molecule has 1 amide bonds. The van der Waals surface area contributed by atoms with Crippen LogP contribution in [-0.2, 0) is 4.79 Å². The monoisotopic (exact) mass is 330 g/mol. The Kier molecular flexibility index (Phi) is 5.06. The van der Waals surface area contributed by atoms with Gasteiger partial charge in [-0.3, -0.25) is 4.79 Å². The summed E-state index contributed by atoms with van der Waals surface area (Å²) in [6.07, 6.45) is 4.34. The number of piperidine rings is 1. The molecule has 1 saturated heterocycles. The first-order chi connectivity index (χ1) is 11.2. The van der Waals surface area contributed by atoms with Crippen LogP contribution in [-0.4, -0.2) is 35.7 Å². The van der Waals surface area contributed by atoms with Crippen LogP contribution in [0.5, 0.6) is 5.75 Å². The van der Waals surface area contributed by atoms with Crippen LogP contribution in [0, 0.1) is 5.92 Å². The number of benzene rings is 1. The molecule has 3 rings (SSSR count). The lowest BCUT2D eigenvalue weighted by atomic mass is 10.0. The summed E-state index contributed by atoms with van der Waals surface area (Å²) in [4.78, 5) is 19.3. The molecular formula is C18H22N2O2S. The quantitative estimate of drug-likeness (QED) is 0.791. The zero-order valence-corrected chi connectivity index (χ0v) is 14.4. The Hall–Kier alpha value is -1.75. The van der Waals surface area contributed by atoms with Crippen molar-refractivity contribution in [1.29, 1.82) is 0 Å². The molecule has 2 aliphatic rings. The van der Waals surface area contributed by atoms with Gasteiger partial charge in [-0.1, -0.05) is 19.1 Å². The number of amidine groups is 1. The van der Waals surface area contributed by atoms with Crippen LogP contribution in [0.2, 0.25) is 0 Å². The second-order valence-electron chi connectivity index (χ2n) is 6.01. The van der Waals surface area contributed by atoms with Crippen LogP contribution < -0.4 is 4.74 Å². The second-order valence-corrected chi connectivity index (χ2v) is 7.01. The molecular weight excluding hydrogens is 308 g/mol.